The third-order valence-electron chi connectivity index (χ3n) is 3.32. The summed E-state index contributed by atoms with van der Waals surface area (Å²) < 4.78 is 0. The summed E-state index contributed by atoms with van der Waals surface area (Å²) in [6.07, 6.45) is 0. The molecule has 2 aromatic rings. The predicted molar refractivity (Wildman–Crippen MR) is 82.3 cm³/mol. The van der Waals surface area contributed by atoms with Gasteiger partial charge in [-0.2, -0.15) is 0 Å². The monoisotopic (exact) mass is 268 g/mol. The highest BCUT2D eigenvalue weighted by atomic mass is 16.1. The first-order valence-electron chi connectivity index (χ1n) is 6.80. The van der Waals surface area contributed by atoms with Gasteiger partial charge in [-0.25, -0.2) is 0 Å². The van der Waals surface area contributed by atoms with Crippen molar-refractivity contribution in [2.75, 3.05) is 5.73 Å². The number of nitrogens with two attached hydrogens (primary N) is 1. The van der Waals surface area contributed by atoms with E-state index in [9.17, 15) is 4.79 Å². The zero-order chi connectivity index (χ0) is 14.5. The average molecular weight is 268 g/mol. The fraction of sp³-hybridized carbons (Fsp3) is 0.235. The van der Waals surface area contributed by atoms with Crippen LogP contribution < -0.4 is 11.1 Å². The summed E-state index contributed by atoms with van der Waals surface area (Å²) in [4.78, 5) is 12.4. The average Bonchev–Trinajstić information content (AvgIpc) is 2.45. The van der Waals surface area contributed by atoms with Crippen molar-refractivity contribution in [3.63, 3.8) is 0 Å². The Kier molecular flexibility index (Phi) is 4.41. The molecule has 1 atom stereocenters. The van der Waals surface area contributed by atoms with Gasteiger partial charge in [0.05, 0.1) is 11.6 Å². The number of hydrogen-bond donors (Lipinski definition) is 2. The highest BCUT2D eigenvalue weighted by molar-refractivity contribution is 5.99. The zero-order valence-electron chi connectivity index (χ0n) is 11.8. The summed E-state index contributed by atoms with van der Waals surface area (Å²) in [5, 5.41) is 3.07. The summed E-state index contributed by atoms with van der Waals surface area (Å²) in [6.45, 7) is 4.18. The molecule has 0 bridgehead atoms. The number of anilines is 1. The lowest BCUT2D eigenvalue weighted by atomic mass is 9.95. The van der Waals surface area contributed by atoms with Gasteiger partial charge in [-0.1, -0.05) is 56.3 Å². The summed E-state index contributed by atoms with van der Waals surface area (Å²) >= 11 is 0. The van der Waals surface area contributed by atoms with Crippen molar-refractivity contribution in [3.8, 4) is 0 Å². The molecule has 3 nitrogen and oxygen atoms in total. The number of amides is 1. The Balaban J connectivity index is 2.22. The molecule has 2 aromatic carbocycles. The molecule has 20 heavy (non-hydrogen) atoms. The number of carbonyl (C=O) groups is 1. The van der Waals surface area contributed by atoms with Crippen LogP contribution in [0.3, 0.4) is 0 Å². The van der Waals surface area contributed by atoms with Crippen molar-refractivity contribution in [2.45, 2.75) is 19.9 Å². The molecule has 104 valence electrons. The fourth-order valence-electron chi connectivity index (χ4n) is 2.22. The van der Waals surface area contributed by atoms with E-state index in [1.807, 2.05) is 42.5 Å². The van der Waals surface area contributed by atoms with Crippen LogP contribution in [0.5, 0.6) is 0 Å². The lowest BCUT2D eigenvalue weighted by Crippen LogP contribution is -2.32. The van der Waals surface area contributed by atoms with Crippen LogP contribution in [0.4, 0.5) is 5.69 Å². The van der Waals surface area contributed by atoms with E-state index in [4.69, 9.17) is 5.73 Å². The van der Waals surface area contributed by atoms with Gasteiger partial charge in [-0.3, -0.25) is 4.79 Å². The minimum absolute atomic E-state index is 0.0247. The smallest absolute Gasteiger partial charge is 0.253 e. The SMILES string of the molecule is CC(C)C(NC(=O)c1ccccc1N)c1ccccc1. The van der Waals surface area contributed by atoms with Gasteiger partial charge in [0, 0.05) is 5.69 Å². The maximum absolute atomic E-state index is 12.4. The Labute approximate surface area is 119 Å². The van der Waals surface area contributed by atoms with E-state index in [-0.39, 0.29) is 11.9 Å². The Morgan fingerprint density at radius 2 is 1.60 bits per heavy atom. The van der Waals surface area contributed by atoms with E-state index in [0.29, 0.717) is 17.2 Å². The number of nitrogens with one attached hydrogen (secondary N) is 1. The molecular formula is C17H20N2O. The van der Waals surface area contributed by atoms with Crippen LogP contribution in [0, 0.1) is 5.92 Å². The molecule has 3 heteroatoms. The molecule has 1 unspecified atom stereocenters. The third-order valence-corrected chi connectivity index (χ3v) is 3.32. The van der Waals surface area contributed by atoms with Crippen LogP contribution in [-0.2, 0) is 0 Å². The van der Waals surface area contributed by atoms with Crippen molar-refractivity contribution >= 4 is 11.6 Å². The van der Waals surface area contributed by atoms with Gasteiger partial charge < -0.3 is 11.1 Å². The molecule has 0 aromatic heterocycles. The Morgan fingerprint density at radius 1 is 1.00 bits per heavy atom. The van der Waals surface area contributed by atoms with Gasteiger partial charge >= 0.3 is 0 Å². The topological polar surface area (TPSA) is 55.1 Å². The number of benzene rings is 2. The quantitative estimate of drug-likeness (QED) is 0.835. The molecule has 0 fully saturated rings. The third kappa shape index (κ3) is 3.18. The maximum atomic E-state index is 12.4. The second-order valence-electron chi connectivity index (χ2n) is 5.19. The van der Waals surface area contributed by atoms with E-state index in [1.54, 1.807) is 12.1 Å². The van der Waals surface area contributed by atoms with E-state index >= 15 is 0 Å². The zero-order valence-corrected chi connectivity index (χ0v) is 11.8. The molecule has 0 radical (unpaired) electrons. The minimum Gasteiger partial charge on any atom is -0.398 e. The lowest BCUT2D eigenvalue weighted by molar-refractivity contribution is 0.0926. The van der Waals surface area contributed by atoms with E-state index in [0.717, 1.165) is 5.56 Å². The van der Waals surface area contributed by atoms with Gasteiger partial charge in [-0.05, 0) is 23.6 Å². The molecule has 0 saturated carbocycles. The van der Waals surface area contributed by atoms with E-state index < -0.39 is 0 Å². The molecule has 0 aliphatic rings. The predicted octanol–water partition coefficient (Wildman–Crippen LogP) is 3.40. The minimum atomic E-state index is -0.134. The number of carbonyl (C=O) groups excluding carboxylic acids is 1. The second kappa shape index (κ2) is 6.24. The fourth-order valence-corrected chi connectivity index (χ4v) is 2.22. The van der Waals surface area contributed by atoms with Crippen molar-refractivity contribution < 1.29 is 4.79 Å². The summed E-state index contributed by atoms with van der Waals surface area (Å²) in [5.74, 6) is 0.164. The molecule has 1 amide bonds. The van der Waals surface area contributed by atoms with Gasteiger partial charge in [0.25, 0.3) is 5.91 Å². The van der Waals surface area contributed by atoms with Crippen LogP contribution in [0.25, 0.3) is 0 Å². The molecule has 0 heterocycles. The first-order valence-corrected chi connectivity index (χ1v) is 6.80. The van der Waals surface area contributed by atoms with Gasteiger partial charge in [-0.15, -0.1) is 0 Å². The maximum Gasteiger partial charge on any atom is 0.253 e. The van der Waals surface area contributed by atoms with Crippen LogP contribution in [-0.4, -0.2) is 5.91 Å². The largest absolute Gasteiger partial charge is 0.398 e. The Bertz CT molecular complexity index is 579. The Hall–Kier alpha value is -2.29. The first-order chi connectivity index (χ1) is 9.59. The van der Waals surface area contributed by atoms with Crippen LogP contribution >= 0.6 is 0 Å². The molecule has 0 aliphatic heterocycles. The summed E-state index contributed by atoms with van der Waals surface area (Å²) in [6, 6.07) is 17.1. The van der Waals surface area contributed by atoms with Gasteiger partial charge in [0.2, 0.25) is 0 Å². The normalized spacial score (nSPS) is 12.2. The molecule has 3 N–H and O–H groups in total. The van der Waals surface area contributed by atoms with E-state index in [1.165, 1.54) is 0 Å². The molecule has 0 aliphatic carbocycles. The van der Waals surface area contributed by atoms with Crippen molar-refractivity contribution in [1.82, 2.24) is 5.32 Å². The van der Waals surface area contributed by atoms with Gasteiger partial charge in [0.15, 0.2) is 0 Å². The number of para-hydroxylation sites is 1. The molecule has 0 spiro atoms. The molecule has 0 saturated heterocycles. The highest BCUT2D eigenvalue weighted by Gasteiger charge is 2.19. The Morgan fingerprint density at radius 3 is 2.20 bits per heavy atom. The number of nitrogen functional groups attached to an aromatic ring is 1. The lowest BCUT2D eigenvalue weighted by Gasteiger charge is -2.23. The van der Waals surface area contributed by atoms with Gasteiger partial charge in [0.1, 0.15) is 0 Å². The van der Waals surface area contributed by atoms with Crippen molar-refractivity contribution in [2.24, 2.45) is 5.92 Å². The van der Waals surface area contributed by atoms with E-state index in [2.05, 4.69) is 19.2 Å². The number of hydrogen-bond acceptors (Lipinski definition) is 2. The van der Waals surface area contributed by atoms with Crippen LogP contribution in [0.1, 0.15) is 35.8 Å². The molecular weight excluding hydrogens is 248 g/mol. The molecule has 2 rings (SSSR count). The summed E-state index contributed by atoms with van der Waals surface area (Å²) in [5.41, 5.74) is 7.98. The first kappa shape index (κ1) is 14.1. The highest BCUT2D eigenvalue weighted by Crippen LogP contribution is 2.22. The number of rotatable bonds is 4. The summed E-state index contributed by atoms with van der Waals surface area (Å²) in [7, 11) is 0. The standard InChI is InChI=1S/C17H20N2O/c1-12(2)16(13-8-4-3-5-9-13)19-17(20)14-10-6-7-11-15(14)18/h3-12,16H,18H2,1-2H3,(H,19,20). The van der Waals surface area contributed by atoms with Crippen molar-refractivity contribution in [1.29, 1.82) is 0 Å². The van der Waals surface area contributed by atoms with Crippen LogP contribution in [0.15, 0.2) is 54.6 Å². The van der Waals surface area contributed by atoms with Crippen molar-refractivity contribution in [3.05, 3.63) is 65.7 Å². The second-order valence-corrected chi connectivity index (χ2v) is 5.19. The van der Waals surface area contributed by atoms with Crippen LogP contribution in [0.2, 0.25) is 0 Å².